The van der Waals surface area contributed by atoms with Gasteiger partial charge in [-0.15, -0.1) is 0 Å². The molecule has 16 aromatic rings. The van der Waals surface area contributed by atoms with Gasteiger partial charge in [-0.3, -0.25) is 4.98 Å². The van der Waals surface area contributed by atoms with Crippen LogP contribution in [0.15, 0.2) is 218 Å². The van der Waals surface area contributed by atoms with E-state index in [1.807, 2.05) is 0 Å². The van der Waals surface area contributed by atoms with Crippen LogP contribution in [0.2, 0.25) is 0 Å². The molecule has 0 radical (unpaired) electrons. The van der Waals surface area contributed by atoms with Gasteiger partial charge in [0.15, 0.2) is 0 Å². The van der Waals surface area contributed by atoms with E-state index in [1.165, 1.54) is 65.7 Å². The Morgan fingerprint density at radius 1 is 0.279 bits per heavy atom. The van der Waals surface area contributed by atoms with Crippen molar-refractivity contribution in [2.24, 2.45) is 0 Å². The number of benzene rings is 11. The van der Waals surface area contributed by atoms with E-state index in [2.05, 4.69) is 298 Å². The zero-order valence-corrected chi connectivity index (χ0v) is 49.5. The number of nitrogens with zero attached hydrogens (tertiary/aromatic N) is 6. The summed E-state index contributed by atoms with van der Waals surface area (Å²) in [6.07, 6.45) is 0. The zero-order chi connectivity index (χ0) is 58.4. The molecule has 0 spiro atoms. The van der Waals surface area contributed by atoms with Gasteiger partial charge in [-0.1, -0.05) is 130 Å². The predicted octanol–water partition coefficient (Wildman–Crippen LogP) is 20.8. The minimum atomic E-state index is 0.570. The van der Waals surface area contributed by atoms with Gasteiger partial charge in [0, 0.05) is 82.5 Å². The van der Waals surface area contributed by atoms with E-state index in [9.17, 15) is 5.26 Å². The van der Waals surface area contributed by atoms with Gasteiger partial charge >= 0.3 is 0 Å². The topological polar surface area (TPSA) is 56.4 Å². The lowest BCUT2D eigenvalue weighted by atomic mass is 9.83. The second kappa shape index (κ2) is 19.2. The number of aromatic nitrogens is 5. The molecule has 0 fully saturated rings. The molecular weight excluding hydrogens is 1040 g/mol. The van der Waals surface area contributed by atoms with Crippen LogP contribution in [0, 0.1) is 66.7 Å². The number of fused-ring (bicyclic) bond motifs is 12. The van der Waals surface area contributed by atoms with Crippen molar-refractivity contribution < 1.29 is 0 Å². The highest BCUT2D eigenvalue weighted by Gasteiger charge is 2.33. The molecule has 0 bridgehead atoms. The largest absolute Gasteiger partial charge is 0.309 e. The van der Waals surface area contributed by atoms with Crippen molar-refractivity contribution in [3.05, 3.63) is 269 Å². The Labute approximate surface area is 499 Å². The van der Waals surface area contributed by atoms with E-state index < -0.39 is 0 Å². The molecule has 0 amide bonds. The Balaban J connectivity index is 1.11. The second-order valence-corrected chi connectivity index (χ2v) is 24.0. The lowest BCUT2D eigenvalue weighted by molar-refractivity contribution is 1.11. The maximum absolute atomic E-state index is 12.7. The van der Waals surface area contributed by atoms with Crippen LogP contribution in [0.4, 0.5) is 0 Å². The van der Waals surface area contributed by atoms with Crippen molar-refractivity contribution in [1.29, 1.82) is 5.26 Å². The number of hydrogen-bond donors (Lipinski definition) is 0. The normalized spacial score (nSPS) is 11.9. The molecule has 0 N–H and O–H groups in total. The fourth-order valence-electron chi connectivity index (χ4n) is 14.4. The quantitative estimate of drug-likeness (QED) is 0.160. The summed E-state index contributed by atoms with van der Waals surface area (Å²) >= 11 is 0. The number of nitriles is 1. The fraction of sp³-hybridized carbons (Fsp3) is 0.100. The highest BCUT2D eigenvalue weighted by Crippen LogP contribution is 2.53. The van der Waals surface area contributed by atoms with E-state index in [-0.39, 0.29) is 0 Å². The molecule has 0 aliphatic heterocycles. The summed E-state index contributed by atoms with van der Waals surface area (Å²) in [6.45, 7) is 17.2. The number of pyridine rings is 1. The van der Waals surface area contributed by atoms with Gasteiger partial charge in [-0.25, -0.2) is 0 Å². The van der Waals surface area contributed by atoms with E-state index in [4.69, 9.17) is 4.98 Å². The van der Waals surface area contributed by atoms with Gasteiger partial charge in [0.2, 0.25) is 0 Å². The van der Waals surface area contributed by atoms with Crippen LogP contribution in [0.5, 0.6) is 0 Å². The predicted molar refractivity (Wildman–Crippen MR) is 361 cm³/mol. The third kappa shape index (κ3) is 7.67. The molecular formula is C80H60N6. The van der Waals surface area contributed by atoms with E-state index >= 15 is 0 Å². The molecule has 6 nitrogen and oxygen atoms in total. The van der Waals surface area contributed by atoms with Gasteiger partial charge in [-0.2, -0.15) is 5.26 Å². The Hall–Kier alpha value is -10.7. The Bertz CT molecular complexity index is 5470. The van der Waals surface area contributed by atoms with Gasteiger partial charge in [0.05, 0.1) is 61.1 Å². The fourth-order valence-corrected chi connectivity index (χ4v) is 14.4. The van der Waals surface area contributed by atoms with E-state index in [0.717, 1.165) is 122 Å². The van der Waals surface area contributed by atoms with E-state index in [1.54, 1.807) is 0 Å². The Morgan fingerprint density at radius 2 is 0.593 bits per heavy atom. The SMILES string of the molecule is Cc1ccc2c(c1)c1ccccc1n2-c1ccc(-c2c(C#N)c(-n3c4ccc(C)cc4c4cc(C)ccc43)c(-c3ccc(-n4c5ccccc5c5cc(C)ccc54)cc3)c(-n3c4ccc(C)cc4c4cc(C)ccc43)c2-c2cc(C)nc(C)c2)cc1. The molecule has 410 valence electrons. The highest BCUT2D eigenvalue weighted by molar-refractivity contribution is 6.16. The summed E-state index contributed by atoms with van der Waals surface area (Å²) in [7, 11) is 0. The van der Waals surface area contributed by atoms with Crippen LogP contribution in [0.25, 0.3) is 143 Å². The standard InChI is InChI=1S/C80H60N6/c1-46-17-31-70-61(37-46)59-13-9-11-15-68(59)83(70)57-27-23-54(24-28-57)76-67(45-81)79(85-72-33-19-48(3)39-63(72)64-40-49(4)20-34-73(64)85)78(55-25-29-58(30-26-55)84-69-16-12-10-14-60(69)62-38-47(2)18-32-71(62)84)80(77(76)56-43-52(7)82-53(8)44-56)86-74-35-21-50(5)41-65(74)66-42-51(6)22-36-75(66)86/h9-44H,1-8H3. The summed E-state index contributed by atoms with van der Waals surface area (Å²) in [5.41, 5.74) is 27.8. The Morgan fingerprint density at radius 3 is 0.965 bits per heavy atom. The van der Waals surface area contributed by atoms with Crippen LogP contribution in [-0.4, -0.2) is 23.3 Å². The molecule has 0 aliphatic rings. The maximum Gasteiger partial charge on any atom is 0.102 e. The molecule has 11 aromatic carbocycles. The van der Waals surface area contributed by atoms with Crippen LogP contribution >= 0.6 is 0 Å². The molecule has 5 heterocycles. The summed E-state index contributed by atoms with van der Waals surface area (Å²) < 4.78 is 9.71. The number of para-hydroxylation sites is 2. The van der Waals surface area contributed by atoms with Crippen LogP contribution in [-0.2, 0) is 0 Å². The number of aryl methyl sites for hydroxylation is 8. The van der Waals surface area contributed by atoms with Gasteiger partial charge in [-0.05, 0) is 193 Å². The first kappa shape index (κ1) is 50.9. The van der Waals surface area contributed by atoms with Crippen LogP contribution in [0.1, 0.15) is 50.3 Å². The summed E-state index contributed by atoms with van der Waals surface area (Å²) in [4.78, 5) is 5.03. The minimum absolute atomic E-state index is 0.570. The van der Waals surface area contributed by atoms with Crippen molar-refractivity contribution in [2.45, 2.75) is 55.4 Å². The monoisotopic (exact) mass is 1100 g/mol. The van der Waals surface area contributed by atoms with Crippen molar-refractivity contribution in [3.8, 4) is 62.2 Å². The number of hydrogen-bond acceptors (Lipinski definition) is 2. The van der Waals surface area contributed by atoms with Crippen molar-refractivity contribution in [3.63, 3.8) is 0 Å². The smallest absolute Gasteiger partial charge is 0.102 e. The first-order chi connectivity index (χ1) is 41.9. The number of rotatable bonds is 7. The molecule has 86 heavy (non-hydrogen) atoms. The molecule has 0 saturated heterocycles. The molecule has 16 rings (SSSR count). The second-order valence-electron chi connectivity index (χ2n) is 24.0. The summed E-state index contributed by atoms with van der Waals surface area (Å²) in [5, 5.41) is 22.2. The molecule has 0 saturated carbocycles. The van der Waals surface area contributed by atoms with Crippen LogP contribution < -0.4 is 0 Å². The van der Waals surface area contributed by atoms with Gasteiger partial charge in [0.25, 0.3) is 0 Å². The molecule has 5 aromatic heterocycles. The third-order valence-corrected chi connectivity index (χ3v) is 18.0. The van der Waals surface area contributed by atoms with Gasteiger partial charge < -0.3 is 18.3 Å². The van der Waals surface area contributed by atoms with Crippen LogP contribution in [0.3, 0.4) is 0 Å². The highest BCUT2D eigenvalue weighted by atomic mass is 15.0. The first-order valence-corrected chi connectivity index (χ1v) is 29.7. The van der Waals surface area contributed by atoms with Crippen molar-refractivity contribution >= 4 is 87.2 Å². The summed E-state index contributed by atoms with van der Waals surface area (Å²) in [5.74, 6) is 0. The third-order valence-electron chi connectivity index (χ3n) is 18.0. The van der Waals surface area contributed by atoms with E-state index in [0.29, 0.717) is 5.56 Å². The lowest BCUT2D eigenvalue weighted by Crippen LogP contribution is -2.11. The molecule has 0 unspecified atom stereocenters. The maximum atomic E-state index is 12.7. The zero-order valence-electron chi connectivity index (χ0n) is 49.5. The first-order valence-electron chi connectivity index (χ1n) is 29.7. The van der Waals surface area contributed by atoms with Gasteiger partial charge in [0.1, 0.15) is 6.07 Å². The molecule has 6 heteroatoms. The molecule has 0 aliphatic carbocycles. The molecule has 0 atom stereocenters. The minimum Gasteiger partial charge on any atom is -0.309 e. The lowest BCUT2D eigenvalue weighted by Gasteiger charge is -2.28. The average molecular weight is 1110 g/mol. The Kier molecular flexibility index (Phi) is 11.3. The summed E-state index contributed by atoms with van der Waals surface area (Å²) in [6, 6.07) is 83.9. The van der Waals surface area contributed by atoms with Crippen molar-refractivity contribution in [1.82, 2.24) is 23.3 Å². The average Bonchev–Trinajstić information content (AvgIpc) is 2.42. The van der Waals surface area contributed by atoms with Crippen molar-refractivity contribution in [2.75, 3.05) is 0 Å².